The molecule has 0 aliphatic heterocycles. The van der Waals surface area contributed by atoms with E-state index in [4.69, 9.17) is 11.6 Å². The molecule has 0 spiro atoms. The van der Waals surface area contributed by atoms with E-state index in [0.717, 1.165) is 58.1 Å². The molecule has 2 fully saturated rings. The molecule has 2 aliphatic carbocycles. The molecule has 2 saturated carbocycles. The summed E-state index contributed by atoms with van der Waals surface area (Å²) < 4.78 is 66.7. The van der Waals surface area contributed by atoms with Gasteiger partial charge >= 0.3 is 6.18 Å². The molecule has 3 rings (SSSR count). The summed E-state index contributed by atoms with van der Waals surface area (Å²) >= 11 is 0. The highest BCUT2D eigenvalue weighted by molar-refractivity contribution is 5.97. The number of benzene rings is 1. The van der Waals surface area contributed by atoms with Crippen LogP contribution < -0.4 is 11.6 Å². The molecule has 0 heterocycles. The summed E-state index contributed by atoms with van der Waals surface area (Å²) in [7, 11) is 0. The molecular weight excluding hydrogens is 491 g/mol. The van der Waals surface area contributed by atoms with E-state index in [9.17, 15) is 27.1 Å². The predicted octanol–water partition coefficient (Wildman–Crippen LogP) is 6.22. The van der Waals surface area contributed by atoms with E-state index in [1.165, 1.54) is 22.8 Å². The molecule has 208 valence electrons. The fraction of sp³-hybridized carbons (Fsp3) is 0.667. The maximum absolute atomic E-state index is 14.2. The number of nitrogens with two attached hydrogens (primary N) is 2. The summed E-state index contributed by atoms with van der Waals surface area (Å²) in [5.41, 5.74) is 4.83. The zero-order chi connectivity index (χ0) is 27.6. The topological polar surface area (TPSA) is 87.9 Å². The minimum Gasteiger partial charge on any atom is -0.384 e. The Morgan fingerprint density at radius 2 is 1.81 bits per heavy atom. The number of allylic oxidation sites excluding steroid dienone is 1. The second kappa shape index (κ2) is 10.9. The van der Waals surface area contributed by atoms with Crippen molar-refractivity contribution in [3.63, 3.8) is 0 Å². The number of hydrazine groups is 1. The van der Waals surface area contributed by atoms with Gasteiger partial charge in [-0.05, 0) is 88.2 Å². The molecule has 1 aromatic carbocycles. The second-order valence-corrected chi connectivity index (χ2v) is 11.3. The van der Waals surface area contributed by atoms with Crippen LogP contribution in [0.1, 0.15) is 83.3 Å². The van der Waals surface area contributed by atoms with Crippen LogP contribution >= 0.6 is 0 Å². The molecule has 0 aromatic heterocycles. The molecule has 5 N–H and O–H groups in total. The van der Waals surface area contributed by atoms with Gasteiger partial charge < -0.3 is 10.8 Å². The number of nitrogens with zero attached hydrogens (tertiary/aromatic N) is 2. The first-order valence-electron chi connectivity index (χ1n) is 12.9. The lowest BCUT2D eigenvalue weighted by atomic mass is 9.62. The smallest absolute Gasteiger partial charge is 0.384 e. The standard InChI is InChI=1S/C27H39F5N4O/c1-24(2,37)26(28,29)16-5-7-20-12-13-22-18(6-4-15-25(20,22)3)14-17-36(34)35-23(33)19-8-10-21(11-9-19)27(30,31)32/h8-11,14,20,22,37H,4-7,12-13,15-17,34H2,1-3H3,(H2,33,35)/b18-14+. The third-order valence-electron chi connectivity index (χ3n) is 8.38. The summed E-state index contributed by atoms with van der Waals surface area (Å²) in [6.45, 7) is 4.86. The van der Waals surface area contributed by atoms with E-state index < -0.39 is 23.3 Å². The Balaban J connectivity index is 1.60. The average molecular weight is 531 g/mol. The first-order chi connectivity index (χ1) is 17.0. The lowest BCUT2D eigenvalue weighted by Crippen LogP contribution is -2.42. The van der Waals surface area contributed by atoms with Crippen LogP contribution in [0.5, 0.6) is 0 Å². The quantitative estimate of drug-likeness (QED) is 0.0883. The predicted molar refractivity (Wildman–Crippen MR) is 134 cm³/mol. The number of alkyl halides is 5. The van der Waals surface area contributed by atoms with Gasteiger partial charge in [-0.15, -0.1) is 5.10 Å². The van der Waals surface area contributed by atoms with Gasteiger partial charge in [0.1, 0.15) is 5.60 Å². The number of halogens is 5. The largest absolute Gasteiger partial charge is 0.416 e. The van der Waals surface area contributed by atoms with Crippen molar-refractivity contribution in [1.82, 2.24) is 5.12 Å². The summed E-state index contributed by atoms with van der Waals surface area (Å²) in [4.78, 5) is 0. The maximum Gasteiger partial charge on any atom is 0.416 e. The molecule has 3 unspecified atom stereocenters. The Morgan fingerprint density at radius 3 is 2.41 bits per heavy atom. The second-order valence-electron chi connectivity index (χ2n) is 11.3. The van der Waals surface area contributed by atoms with Crippen LogP contribution in [0.4, 0.5) is 22.0 Å². The molecule has 1 aromatic rings. The van der Waals surface area contributed by atoms with Gasteiger partial charge in [0.05, 0.1) is 12.1 Å². The number of aliphatic hydroxyl groups is 1. The van der Waals surface area contributed by atoms with Crippen molar-refractivity contribution in [2.45, 2.75) is 89.8 Å². The first-order valence-corrected chi connectivity index (χ1v) is 12.9. The van der Waals surface area contributed by atoms with Crippen molar-refractivity contribution in [2.75, 3.05) is 6.54 Å². The van der Waals surface area contributed by atoms with Crippen LogP contribution in [0.15, 0.2) is 41.0 Å². The fourth-order valence-corrected chi connectivity index (χ4v) is 6.02. The zero-order valence-electron chi connectivity index (χ0n) is 21.8. The van der Waals surface area contributed by atoms with E-state index in [-0.39, 0.29) is 17.7 Å². The number of rotatable bonds is 9. The Bertz CT molecular complexity index is 984. The third kappa shape index (κ3) is 6.82. The van der Waals surface area contributed by atoms with Gasteiger partial charge in [-0.2, -0.15) is 13.2 Å². The van der Waals surface area contributed by atoms with Gasteiger partial charge in [-0.3, -0.25) is 0 Å². The molecule has 0 amide bonds. The van der Waals surface area contributed by atoms with Crippen LogP contribution in [-0.2, 0) is 6.18 Å². The Morgan fingerprint density at radius 1 is 1.16 bits per heavy atom. The molecule has 10 heteroatoms. The van der Waals surface area contributed by atoms with Crippen LogP contribution in [0, 0.1) is 17.3 Å². The average Bonchev–Trinajstić information content (AvgIpc) is 3.13. The van der Waals surface area contributed by atoms with Gasteiger partial charge in [0.25, 0.3) is 5.92 Å². The van der Waals surface area contributed by atoms with Crippen molar-refractivity contribution in [3.05, 3.63) is 47.0 Å². The number of hydrogen-bond donors (Lipinski definition) is 3. The number of fused-ring (bicyclic) bond motifs is 1. The lowest BCUT2D eigenvalue weighted by molar-refractivity contribution is -0.166. The van der Waals surface area contributed by atoms with Crippen LogP contribution in [0.25, 0.3) is 0 Å². The zero-order valence-corrected chi connectivity index (χ0v) is 21.8. The molecular formula is C27H39F5N4O. The van der Waals surface area contributed by atoms with E-state index in [0.29, 0.717) is 36.8 Å². The van der Waals surface area contributed by atoms with E-state index in [2.05, 4.69) is 18.1 Å². The Hall–Kier alpha value is -2.20. The monoisotopic (exact) mass is 530 g/mol. The first kappa shape index (κ1) is 29.4. The highest BCUT2D eigenvalue weighted by Crippen LogP contribution is 2.58. The van der Waals surface area contributed by atoms with Gasteiger partial charge in [0.2, 0.25) is 0 Å². The SMILES string of the molecule is CC12CCC/C(=C\CN(N)/N=C(\N)c3ccc(C(F)(F)F)cc3)C1CCC2CCCC(F)(F)C(C)(C)O. The van der Waals surface area contributed by atoms with Crippen molar-refractivity contribution in [3.8, 4) is 0 Å². The lowest BCUT2D eigenvalue weighted by Gasteiger charge is -2.43. The fourth-order valence-electron chi connectivity index (χ4n) is 6.02. The summed E-state index contributed by atoms with van der Waals surface area (Å²) in [6, 6.07) is 4.42. The van der Waals surface area contributed by atoms with Crippen molar-refractivity contribution in [2.24, 2.45) is 33.9 Å². The van der Waals surface area contributed by atoms with Crippen molar-refractivity contribution >= 4 is 5.84 Å². The molecule has 5 nitrogen and oxygen atoms in total. The Kier molecular flexibility index (Phi) is 8.64. The Labute approximate surface area is 215 Å². The molecule has 0 radical (unpaired) electrons. The van der Waals surface area contributed by atoms with Gasteiger partial charge in [-0.1, -0.05) is 30.7 Å². The van der Waals surface area contributed by atoms with E-state index in [1.54, 1.807) is 0 Å². The number of amidine groups is 1. The van der Waals surface area contributed by atoms with Crippen LogP contribution in [0.3, 0.4) is 0 Å². The molecule has 3 atom stereocenters. The molecule has 2 aliphatic rings. The number of hydrazone groups is 1. The minimum absolute atomic E-state index is 0.0203. The van der Waals surface area contributed by atoms with Crippen LogP contribution in [0.2, 0.25) is 0 Å². The maximum atomic E-state index is 14.2. The summed E-state index contributed by atoms with van der Waals surface area (Å²) in [6.07, 6.45) is 3.37. The van der Waals surface area contributed by atoms with E-state index in [1.807, 2.05) is 0 Å². The highest BCUT2D eigenvalue weighted by atomic mass is 19.4. The van der Waals surface area contributed by atoms with Crippen LogP contribution in [-0.4, -0.2) is 34.1 Å². The van der Waals surface area contributed by atoms with Crippen molar-refractivity contribution < 1.29 is 27.1 Å². The van der Waals surface area contributed by atoms with Gasteiger partial charge in [-0.25, -0.2) is 19.7 Å². The highest BCUT2D eigenvalue weighted by Gasteiger charge is 2.49. The van der Waals surface area contributed by atoms with E-state index >= 15 is 0 Å². The molecule has 37 heavy (non-hydrogen) atoms. The minimum atomic E-state index is -4.42. The molecule has 0 bridgehead atoms. The summed E-state index contributed by atoms with van der Waals surface area (Å²) in [5, 5.41) is 15.0. The van der Waals surface area contributed by atoms with Gasteiger partial charge in [0.15, 0.2) is 5.84 Å². The third-order valence-corrected chi connectivity index (χ3v) is 8.38. The normalized spacial score (nSPS) is 26.4. The summed E-state index contributed by atoms with van der Waals surface area (Å²) in [5.74, 6) is 3.62. The number of hydrogen-bond acceptors (Lipinski definition) is 4. The van der Waals surface area contributed by atoms with Crippen molar-refractivity contribution in [1.29, 1.82) is 0 Å². The van der Waals surface area contributed by atoms with Gasteiger partial charge in [0, 0.05) is 12.0 Å². The molecule has 0 saturated heterocycles.